The molecule has 4 fully saturated rings. The van der Waals surface area contributed by atoms with Crippen molar-refractivity contribution >= 4 is 16.9 Å². The lowest BCUT2D eigenvalue weighted by Gasteiger charge is -2.52. The monoisotopic (exact) mass is 436 g/mol. The molecular formula is C27H36N2O3. The number of piperidine rings is 3. The van der Waals surface area contributed by atoms with Crippen LogP contribution in [0, 0.1) is 17.8 Å². The van der Waals surface area contributed by atoms with Crippen LogP contribution in [0.4, 0.5) is 0 Å². The Morgan fingerprint density at radius 3 is 2.75 bits per heavy atom. The van der Waals surface area contributed by atoms with Crippen LogP contribution in [-0.2, 0) is 9.53 Å². The van der Waals surface area contributed by atoms with Crippen LogP contribution in [0.5, 0.6) is 5.75 Å². The summed E-state index contributed by atoms with van der Waals surface area (Å²) in [5.41, 5.74) is 1.99. The van der Waals surface area contributed by atoms with Gasteiger partial charge >= 0.3 is 5.97 Å². The number of aromatic nitrogens is 1. The van der Waals surface area contributed by atoms with Crippen molar-refractivity contribution in [3.8, 4) is 5.75 Å². The van der Waals surface area contributed by atoms with E-state index in [1.54, 1.807) is 7.11 Å². The number of ether oxygens (including phenoxy) is 2. The first-order chi connectivity index (χ1) is 15.7. The lowest BCUT2D eigenvalue weighted by atomic mass is 9.72. The normalized spacial score (nSPS) is 29.1. The molecule has 5 nitrogen and oxygen atoms in total. The molecule has 5 heteroatoms. The van der Waals surface area contributed by atoms with E-state index in [1.807, 2.05) is 24.4 Å². The van der Waals surface area contributed by atoms with Crippen molar-refractivity contribution in [2.24, 2.45) is 17.8 Å². The molecule has 2 bridgehead atoms. The molecule has 2 aromatic rings. The minimum Gasteiger partial charge on any atom is -0.497 e. The van der Waals surface area contributed by atoms with Gasteiger partial charge in [0.1, 0.15) is 11.9 Å². The lowest BCUT2D eigenvalue weighted by molar-refractivity contribution is -0.164. The highest BCUT2D eigenvalue weighted by atomic mass is 16.5. The largest absolute Gasteiger partial charge is 0.497 e. The molecule has 1 unspecified atom stereocenters. The molecule has 172 valence electrons. The topological polar surface area (TPSA) is 51.7 Å². The first-order valence-electron chi connectivity index (χ1n) is 12.5. The van der Waals surface area contributed by atoms with Crippen molar-refractivity contribution < 1.29 is 14.3 Å². The molecule has 1 aliphatic carbocycles. The third kappa shape index (κ3) is 4.12. The molecular weight excluding hydrogens is 400 g/mol. The summed E-state index contributed by atoms with van der Waals surface area (Å²) in [6.07, 6.45) is 10.6. The maximum atomic E-state index is 13.3. The zero-order valence-corrected chi connectivity index (χ0v) is 19.5. The first kappa shape index (κ1) is 21.7. The fraction of sp³-hybridized carbons (Fsp3) is 0.630. The minimum atomic E-state index is -0.261. The van der Waals surface area contributed by atoms with E-state index < -0.39 is 0 Å². The van der Waals surface area contributed by atoms with E-state index in [0.717, 1.165) is 79.2 Å². The Kier molecular flexibility index (Phi) is 6.36. The van der Waals surface area contributed by atoms with Crippen LogP contribution in [0.25, 0.3) is 10.9 Å². The molecule has 3 saturated heterocycles. The van der Waals surface area contributed by atoms with Gasteiger partial charge in [-0.25, -0.2) is 0 Å². The number of carbonyl (C=O) groups is 1. The Bertz CT molecular complexity index is 955. The summed E-state index contributed by atoms with van der Waals surface area (Å²) in [6, 6.07) is 8.28. The fourth-order valence-corrected chi connectivity index (χ4v) is 6.39. The van der Waals surface area contributed by atoms with Crippen molar-refractivity contribution in [1.82, 2.24) is 9.88 Å². The second-order valence-corrected chi connectivity index (χ2v) is 9.99. The Labute approximate surface area is 191 Å². The van der Waals surface area contributed by atoms with Gasteiger partial charge in [0.25, 0.3) is 0 Å². The zero-order valence-electron chi connectivity index (χ0n) is 19.5. The summed E-state index contributed by atoms with van der Waals surface area (Å²) in [4.78, 5) is 20.5. The Hall–Kier alpha value is -2.14. The molecule has 0 spiro atoms. The summed E-state index contributed by atoms with van der Waals surface area (Å²) in [6.45, 7) is 4.54. The molecule has 1 saturated carbocycles. The fourth-order valence-electron chi connectivity index (χ4n) is 6.39. The number of hydrogen-bond donors (Lipinski definition) is 0. The number of rotatable bonds is 6. The minimum absolute atomic E-state index is 0.00255. The van der Waals surface area contributed by atoms with E-state index in [0.29, 0.717) is 0 Å². The number of pyridine rings is 1. The number of carbonyl (C=O) groups excluding carboxylic acids is 1. The maximum Gasteiger partial charge on any atom is 0.309 e. The van der Waals surface area contributed by atoms with Crippen LogP contribution in [0.3, 0.4) is 0 Å². The predicted octanol–water partition coefficient (Wildman–Crippen LogP) is 5.53. The van der Waals surface area contributed by atoms with E-state index >= 15 is 0 Å². The molecule has 0 radical (unpaired) electrons. The summed E-state index contributed by atoms with van der Waals surface area (Å²) in [5, 5.41) is 1.03. The number of methoxy groups -OCH3 is 1. The first-order valence-corrected chi connectivity index (χ1v) is 12.5. The number of benzene rings is 1. The SMILES string of the molecule is CC[C@H]1CN2CC[C@H]1C[C@H]2[C@H](OC(=O)C1CCCCC1)c1ccnc2ccc(OC)cc12. The summed E-state index contributed by atoms with van der Waals surface area (Å²) in [7, 11) is 1.69. The second-order valence-electron chi connectivity index (χ2n) is 9.99. The number of hydrogen-bond acceptors (Lipinski definition) is 5. The van der Waals surface area contributed by atoms with Crippen molar-refractivity contribution in [2.75, 3.05) is 20.2 Å². The van der Waals surface area contributed by atoms with Crippen molar-refractivity contribution in [1.29, 1.82) is 0 Å². The van der Waals surface area contributed by atoms with E-state index in [4.69, 9.17) is 9.47 Å². The molecule has 4 heterocycles. The van der Waals surface area contributed by atoms with Crippen molar-refractivity contribution in [3.63, 3.8) is 0 Å². The van der Waals surface area contributed by atoms with Crippen LogP contribution in [-0.4, -0.2) is 42.1 Å². The molecule has 0 N–H and O–H groups in total. The highest BCUT2D eigenvalue weighted by Gasteiger charge is 2.45. The Morgan fingerprint density at radius 2 is 2.03 bits per heavy atom. The quantitative estimate of drug-likeness (QED) is 0.558. The van der Waals surface area contributed by atoms with Crippen LogP contribution in [0.1, 0.15) is 70.0 Å². The highest BCUT2D eigenvalue weighted by Crippen LogP contribution is 2.44. The molecule has 4 aliphatic rings. The van der Waals surface area contributed by atoms with Gasteiger partial charge in [0.2, 0.25) is 0 Å². The van der Waals surface area contributed by atoms with Gasteiger partial charge in [0, 0.05) is 23.7 Å². The lowest BCUT2D eigenvalue weighted by Crippen LogP contribution is -2.55. The average molecular weight is 437 g/mol. The molecule has 1 aromatic heterocycles. The highest BCUT2D eigenvalue weighted by molar-refractivity contribution is 5.84. The molecule has 1 aromatic carbocycles. The molecule has 0 amide bonds. The summed E-state index contributed by atoms with van der Waals surface area (Å²) < 4.78 is 12.0. The number of nitrogens with zero attached hydrogens (tertiary/aromatic N) is 2. The number of fused-ring (bicyclic) bond motifs is 4. The van der Waals surface area contributed by atoms with Gasteiger partial charge in [0.15, 0.2) is 0 Å². The van der Waals surface area contributed by atoms with Crippen molar-refractivity contribution in [3.05, 3.63) is 36.0 Å². The standard InChI is InChI=1S/C27H36N2O3/c1-3-18-17-29-14-12-20(18)15-25(29)26(32-27(30)19-7-5-4-6-8-19)22-11-13-28-24-10-9-21(31-2)16-23(22)24/h9-11,13,16,18-20,25-26H,3-8,12,14-15,17H2,1-2H3/t18-,20-,25-,26+/m0/s1. The van der Waals surface area contributed by atoms with Crippen LogP contribution in [0.2, 0.25) is 0 Å². The van der Waals surface area contributed by atoms with Gasteiger partial charge in [-0.2, -0.15) is 0 Å². The van der Waals surface area contributed by atoms with E-state index in [9.17, 15) is 4.79 Å². The second kappa shape index (κ2) is 9.38. The number of esters is 1. The molecule has 5 atom stereocenters. The zero-order chi connectivity index (χ0) is 22.1. The molecule has 3 aliphatic heterocycles. The smallest absolute Gasteiger partial charge is 0.309 e. The van der Waals surface area contributed by atoms with Gasteiger partial charge in [-0.05, 0) is 68.3 Å². The van der Waals surface area contributed by atoms with Gasteiger partial charge < -0.3 is 9.47 Å². The van der Waals surface area contributed by atoms with E-state index in [-0.39, 0.29) is 24.0 Å². The summed E-state index contributed by atoms with van der Waals surface area (Å²) in [5.74, 6) is 2.35. The van der Waals surface area contributed by atoms with Crippen LogP contribution >= 0.6 is 0 Å². The predicted molar refractivity (Wildman–Crippen MR) is 126 cm³/mol. The van der Waals surface area contributed by atoms with Crippen LogP contribution < -0.4 is 4.74 Å². The van der Waals surface area contributed by atoms with Crippen LogP contribution in [0.15, 0.2) is 30.5 Å². The van der Waals surface area contributed by atoms with Gasteiger partial charge in [0.05, 0.1) is 24.6 Å². The van der Waals surface area contributed by atoms with Gasteiger partial charge in [-0.15, -0.1) is 0 Å². The maximum absolute atomic E-state index is 13.3. The summed E-state index contributed by atoms with van der Waals surface area (Å²) >= 11 is 0. The molecule has 6 rings (SSSR count). The Balaban J connectivity index is 1.52. The van der Waals surface area contributed by atoms with E-state index in [1.165, 1.54) is 19.3 Å². The third-order valence-electron chi connectivity index (χ3n) is 8.28. The van der Waals surface area contributed by atoms with Gasteiger partial charge in [-0.3, -0.25) is 14.7 Å². The molecule has 32 heavy (non-hydrogen) atoms. The van der Waals surface area contributed by atoms with Gasteiger partial charge in [-0.1, -0.05) is 32.6 Å². The third-order valence-corrected chi connectivity index (χ3v) is 8.28. The van der Waals surface area contributed by atoms with E-state index in [2.05, 4.69) is 22.9 Å². The Morgan fingerprint density at radius 1 is 1.19 bits per heavy atom. The average Bonchev–Trinajstić information content (AvgIpc) is 2.87. The van der Waals surface area contributed by atoms with Crippen molar-refractivity contribution in [2.45, 2.75) is 70.4 Å².